The Bertz CT molecular complexity index is 409. The van der Waals surface area contributed by atoms with Gasteiger partial charge < -0.3 is 35.3 Å². The number of hydrogen-bond acceptors (Lipinski definition) is 1. The number of amides is 1. The van der Waals surface area contributed by atoms with E-state index in [0.29, 0.717) is 5.56 Å². The first-order chi connectivity index (χ1) is 8.61. The van der Waals surface area contributed by atoms with Gasteiger partial charge in [0.15, 0.2) is 0 Å². The number of hydrogen-bond donors (Lipinski definition) is 0. The van der Waals surface area contributed by atoms with E-state index in [2.05, 4.69) is 32.2 Å². The van der Waals surface area contributed by atoms with Crippen LogP contribution in [0.1, 0.15) is 23.7 Å². The molecular weight excluding hydrogens is 400 g/mol. The molecule has 1 amide bonds. The minimum atomic E-state index is -0.629. The van der Waals surface area contributed by atoms with Gasteiger partial charge in [-0.1, -0.05) is 43.4 Å². The second-order valence-corrected chi connectivity index (χ2v) is 4.93. The third kappa shape index (κ3) is 17.8. The number of benzene rings is 1. The molecule has 1 aliphatic rings. The largest absolute Gasteiger partial charge is 4.00 e. The molecule has 21 heavy (non-hydrogen) atoms. The van der Waals surface area contributed by atoms with Crippen molar-refractivity contribution in [2.75, 3.05) is 0 Å². The Morgan fingerprint density at radius 1 is 1.19 bits per heavy atom. The van der Waals surface area contributed by atoms with Gasteiger partial charge in [0.2, 0.25) is 0 Å². The van der Waals surface area contributed by atoms with Gasteiger partial charge in [0.05, 0.1) is 5.91 Å². The van der Waals surface area contributed by atoms with Crippen molar-refractivity contribution >= 4 is 15.4 Å². The maximum atomic E-state index is 10.3. The van der Waals surface area contributed by atoms with Gasteiger partial charge in [-0.05, 0) is 5.56 Å². The summed E-state index contributed by atoms with van der Waals surface area (Å²) in [6.45, 7) is 6.50. The van der Waals surface area contributed by atoms with Crippen LogP contribution >= 0.6 is 0 Å². The summed E-state index contributed by atoms with van der Waals surface area (Å²) in [4.78, 5) is 10.3. The van der Waals surface area contributed by atoms with E-state index in [-0.39, 0.29) is 51.0 Å². The zero-order valence-electron chi connectivity index (χ0n) is 12.5. The maximum absolute atomic E-state index is 10.3. The third-order valence-corrected chi connectivity index (χ3v) is 1.91. The number of carbonyl (C=O) groups excluding carboxylic acids is 1. The molecule has 113 valence electrons. The van der Waals surface area contributed by atoms with Crippen molar-refractivity contribution < 1.29 is 55.8 Å². The van der Waals surface area contributed by atoms with Gasteiger partial charge in [0.25, 0.3) is 0 Å². The van der Waals surface area contributed by atoms with E-state index in [0.717, 1.165) is 15.9 Å². The molecule has 2 nitrogen and oxygen atoms in total. The van der Waals surface area contributed by atoms with E-state index in [1.165, 1.54) is 5.57 Å². The Morgan fingerprint density at radius 2 is 1.67 bits per heavy atom. The Balaban J connectivity index is -0.000000107. The van der Waals surface area contributed by atoms with Gasteiger partial charge in [0, 0.05) is 9.52 Å². The molecule has 1 aromatic rings. The summed E-state index contributed by atoms with van der Waals surface area (Å²) in [6.07, 6.45) is 8.24. The van der Waals surface area contributed by atoms with Crippen molar-refractivity contribution in [3.8, 4) is 0 Å². The zero-order valence-corrected chi connectivity index (χ0v) is 17.6. The summed E-state index contributed by atoms with van der Waals surface area (Å²) in [5.41, 5.74) is 8.46. The molecule has 0 aliphatic heterocycles. The predicted molar refractivity (Wildman–Crippen MR) is 80.2 cm³/mol. The van der Waals surface area contributed by atoms with Gasteiger partial charge in [-0.15, -0.1) is 13.3 Å². The summed E-state index contributed by atoms with van der Waals surface area (Å²) in [5.74, 6) is -0.629. The smallest absolute Gasteiger partial charge is 1.00 e. The summed E-state index contributed by atoms with van der Waals surface area (Å²) in [7, 11) is 0.750. The van der Waals surface area contributed by atoms with Crippen LogP contribution in [-0.2, 0) is 26.2 Å². The molecule has 0 saturated carbocycles. The Kier molecular flexibility index (Phi) is 27.4. The zero-order chi connectivity index (χ0) is 13.8. The number of allylic oxidation sites excluding steroid dienone is 4. The standard InChI is InChI=1S/C7H7NO.C6H7.C2H7Si.2ClH.Zr/c8-7(9)6-4-2-1-3-5-6;1-6-4-2-3-5-6;1-3-2;;;/h1-5H,(H2,8,9);4-5H,2H2,1H3;3H,1-2H3;2*1H;/q;-1;;;;+4/p-3. The molecule has 1 aliphatic carbocycles. The molecule has 0 heterocycles. The van der Waals surface area contributed by atoms with E-state index in [4.69, 9.17) is 5.73 Å². The van der Waals surface area contributed by atoms with Crippen LogP contribution in [0, 0.1) is 6.08 Å². The molecule has 0 fully saturated rings. The van der Waals surface area contributed by atoms with Gasteiger partial charge in [0.1, 0.15) is 0 Å². The van der Waals surface area contributed by atoms with Crippen molar-refractivity contribution in [2.45, 2.75) is 26.4 Å². The number of rotatable bonds is 1. The van der Waals surface area contributed by atoms with Crippen LogP contribution < -0.4 is 24.8 Å². The van der Waals surface area contributed by atoms with Gasteiger partial charge in [-0.2, -0.15) is 6.08 Å². The summed E-state index contributed by atoms with van der Waals surface area (Å²) >= 11 is 0. The fourth-order valence-corrected chi connectivity index (χ4v) is 1.09. The molecule has 2 rings (SSSR count). The van der Waals surface area contributed by atoms with Crippen molar-refractivity contribution in [1.29, 1.82) is 0 Å². The first kappa shape index (κ1) is 28.9. The van der Waals surface area contributed by atoms with E-state index in [9.17, 15) is 4.79 Å². The molecule has 0 unspecified atom stereocenters. The topological polar surface area (TPSA) is 40.9 Å². The molecule has 0 bridgehead atoms. The Labute approximate surface area is 162 Å². The minimum Gasteiger partial charge on any atom is -1.00 e. The molecular formula is C15H20Cl2NOSiZr. The molecule has 1 aromatic carbocycles. The molecule has 0 spiro atoms. The fourth-order valence-electron chi connectivity index (χ4n) is 1.09. The molecule has 1 N–H and O–H groups in total. The van der Waals surface area contributed by atoms with Crippen molar-refractivity contribution in [1.82, 2.24) is 0 Å². The van der Waals surface area contributed by atoms with Crippen molar-refractivity contribution in [3.05, 3.63) is 65.4 Å². The SMILES string of the molecule is CC1=CC[C-]=C1.C[SiH]C.[Cl-].[Cl-].[NH-]C(=O)c1ccccc1.[Zr+4]. The third-order valence-electron chi connectivity index (χ3n) is 1.91. The first-order valence-corrected chi connectivity index (χ1v) is 8.21. The second-order valence-electron chi connectivity index (χ2n) is 3.77. The van der Waals surface area contributed by atoms with Crippen LogP contribution in [0.4, 0.5) is 0 Å². The van der Waals surface area contributed by atoms with E-state index < -0.39 is 5.91 Å². The maximum Gasteiger partial charge on any atom is 4.00 e. The van der Waals surface area contributed by atoms with Crippen molar-refractivity contribution in [2.24, 2.45) is 0 Å². The van der Waals surface area contributed by atoms with Gasteiger partial charge >= 0.3 is 26.2 Å². The quantitative estimate of drug-likeness (QED) is 0.387. The molecule has 0 atom stereocenters. The Morgan fingerprint density at radius 3 is 1.86 bits per heavy atom. The number of carbonyl (C=O) groups is 1. The first-order valence-electron chi connectivity index (χ1n) is 5.90. The fraction of sp³-hybridized carbons (Fsp3) is 0.267. The Hall–Kier alpha value is -0.150. The second kappa shape index (κ2) is 19.9. The average molecular weight is 421 g/mol. The van der Waals surface area contributed by atoms with Crippen LogP contribution in [0.5, 0.6) is 0 Å². The van der Waals surface area contributed by atoms with Crippen LogP contribution in [0.3, 0.4) is 0 Å². The minimum absolute atomic E-state index is 0. The van der Waals surface area contributed by atoms with Crippen LogP contribution in [0.2, 0.25) is 13.1 Å². The van der Waals surface area contributed by atoms with Crippen molar-refractivity contribution in [3.63, 3.8) is 0 Å². The van der Waals surface area contributed by atoms with Gasteiger partial charge in [-0.25, -0.2) is 11.6 Å². The monoisotopic (exact) mass is 418 g/mol. The van der Waals surface area contributed by atoms with Gasteiger partial charge in [-0.3, -0.25) is 6.08 Å². The van der Waals surface area contributed by atoms with E-state index in [1.54, 1.807) is 24.3 Å². The van der Waals surface area contributed by atoms with E-state index >= 15 is 0 Å². The number of nitrogens with one attached hydrogen (secondary N) is 1. The summed E-state index contributed by atoms with van der Waals surface area (Å²) in [6, 6.07) is 8.53. The summed E-state index contributed by atoms with van der Waals surface area (Å²) in [5, 5.41) is 0. The number of halogens is 2. The van der Waals surface area contributed by atoms with Crippen LogP contribution in [0.25, 0.3) is 5.73 Å². The summed E-state index contributed by atoms with van der Waals surface area (Å²) < 4.78 is 0. The molecule has 1 radical (unpaired) electrons. The molecule has 0 aromatic heterocycles. The van der Waals surface area contributed by atoms with Crippen LogP contribution in [-0.4, -0.2) is 15.4 Å². The normalized spacial score (nSPS) is 9.95. The van der Waals surface area contributed by atoms with E-state index in [1.807, 2.05) is 12.1 Å². The predicted octanol–water partition coefficient (Wildman–Crippen LogP) is -1.90. The van der Waals surface area contributed by atoms with Crippen LogP contribution in [0.15, 0.2) is 48.1 Å². The molecule has 0 saturated heterocycles. The molecule has 6 heteroatoms. The average Bonchev–Trinajstić information content (AvgIpc) is 2.83.